The highest BCUT2D eigenvalue weighted by molar-refractivity contribution is 7.17. The van der Waals surface area contributed by atoms with Crippen LogP contribution in [0.2, 0.25) is 0 Å². The Balaban J connectivity index is 1.31. The van der Waals surface area contributed by atoms with Crippen molar-refractivity contribution >= 4 is 45.5 Å². The number of benzene rings is 1. The summed E-state index contributed by atoms with van der Waals surface area (Å²) in [4.78, 5) is 36.3. The molecule has 0 spiro atoms. The molecule has 2 aromatic heterocycles. The first kappa shape index (κ1) is 21.7. The van der Waals surface area contributed by atoms with E-state index in [0.717, 1.165) is 17.2 Å². The van der Waals surface area contributed by atoms with Gasteiger partial charge in [0.15, 0.2) is 5.13 Å². The third kappa shape index (κ3) is 5.56. The fraction of sp³-hybridized carbons (Fsp3) is 0.238. The van der Waals surface area contributed by atoms with Gasteiger partial charge in [-0.3, -0.25) is 14.5 Å². The number of carbonyl (C=O) groups excluding carboxylic acids is 1. The summed E-state index contributed by atoms with van der Waals surface area (Å²) in [6, 6.07) is 9.60. The first-order valence-electron chi connectivity index (χ1n) is 9.91. The van der Waals surface area contributed by atoms with Crippen molar-refractivity contribution in [3.05, 3.63) is 59.5 Å². The van der Waals surface area contributed by atoms with Crippen LogP contribution in [0.15, 0.2) is 48.8 Å². The number of aliphatic carboxylic acids is 1. The van der Waals surface area contributed by atoms with E-state index in [2.05, 4.69) is 25.5 Å². The summed E-state index contributed by atoms with van der Waals surface area (Å²) in [5, 5.41) is 15.1. The Bertz CT molecular complexity index is 1100. The molecule has 3 N–H and O–H groups in total. The van der Waals surface area contributed by atoms with E-state index in [-0.39, 0.29) is 18.3 Å². The smallest absolute Gasteiger partial charge is 0.317 e. The zero-order chi connectivity index (χ0) is 22.5. The van der Waals surface area contributed by atoms with Crippen molar-refractivity contribution in [2.24, 2.45) is 0 Å². The minimum atomic E-state index is -0.825. The molecule has 1 aliphatic rings. The predicted octanol–water partition coefficient (Wildman–Crippen LogP) is 2.88. The maximum atomic E-state index is 13.3. The number of nitrogens with one attached hydrogen (secondary N) is 2. The van der Waals surface area contributed by atoms with Crippen molar-refractivity contribution in [1.29, 1.82) is 0 Å². The van der Waals surface area contributed by atoms with E-state index in [1.165, 1.54) is 18.3 Å². The number of halogens is 1. The standard InChI is InChI=1S/C21H21FN6O3S/c22-14-2-1-3-15(10-14)26-21-24-12-17(32-21)20(31)25-16-4-5-18(23-11-16)28-8-6-27(7-9-28)13-19(29)30/h1-5,10-12H,6-9,13H2,(H,24,26)(H,25,31)(H,29,30). The Kier molecular flexibility index (Phi) is 6.57. The van der Waals surface area contributed by atoms with Crippen LogP contribution in [0.1, 0.15) is 9.67 Å². The van der Waals surface area contributed by atoms with Gasteiger partial charge in [-0.25, -0.2) is 14.4 Å². The summed E-state index contributed by atoms with van der Waals surface area (Å²) in [5.74, 6) is -0.721. The van der Waals surface area contributed by atoms with E-state index in [1.807, 2.05) is 11.0 Å². The number of rotatable bonds is 7. The minimum Gasteiger partial charge on any atom is -0.480 e. The summed E-state index contributed by atoms with van der Waals surface area (Å²) < 4.78 is 13.3. The molecule has 3 aromatic rings. The van der Waals surface area contributed by atoms with Crippen LogP contribution in [0.25, 0.3) is 0 Å². The number of hydrogen-bond donors (Lipinski definition) is 3. The normalized spacial score (nSPS) is 14.2. The van der Waals surface area contributed by atoms with Gasteiger partial charge in [-0.05, 0) is 30.3 Å². The van der Waals surface area contributed by atoms with Crippen molar-refractivity contribution in [3.8, 4) is 0 Å². The monoisotopic (exact) mass is 456 g/mol. The Morgan fingerprint density at radius 1 is 1.06 bits per heavy atom. The molecule has 3 heterocycles. The molecule has 1 saturated heterocycles. The molecule has 32 heavy (non-hydrogen) atoms. The quantitative estimate of drug-likeness (QED) is 0.498. The number of hydrogen-bond acceptors (Lipinski definition) is 8. The summed E-state index contributed by atoms with van der Waals surface area (Å²) in [6.07, 6.45) is 3.05. The second-order valence-corrected chi connectivity index (χ2v) is 8.21. The van der Waals surface area contributed by atoms with Gasteiger partial charge in [0, 0.05) is 31.9 Å². The van der Waals surface area contributed by atoms with Crippen LogP contribution in [-0.4, -0.2) is 64.6 Å². The second-order valence-electron chi connectivity index (χ2n) is 7.18. The number of nitrogens with zero attached hydrogens (tertiary/aromatic N) is 4. The van der Waals surface area contributed by atoms with Crippen LogP contribution >= 0.6 is 11.3 Å². The fourth-order valence-corrected chi connectivity index (χ4v) is 4.02. The zero-order valence-electron chi connectivity index (χ0n) is 17.0. The maximum absolute atomic E-state index is 13.3. The molecule has 1 fully saturated rings. The van der Waals surface area contributed by atoms with E-state index < -0.39 is 5.97 Å². The number of anilines is 4. The van der Waals surface area contributed by atoms with Gasteiger partial charge in [-0.15, -0.1) is 0 Å². The van der Waals surface area contributed by atoms with Crippen LogP contribution in [-0.2, 0) is 4.79 Å². The molecule has 0 atom stereocenters. The molecule has 0 bridgehead atoms. The average molecular weight is 457 g/mol. The van der Waals surface area contributed by atoms with E-state index >= 15 is 0 Å². The zero-order valence-corrected chi connectivity index (χ0v) is 17.8. The lowest BCUT2D eigenvalue weighted by Gasteiger charge is -2.34. The first-order chi connectivity index (χ1) is 15.5. The summed E-state index contributed by atoms with van der Waals surface area (Å²) in [6.45, 7) is 2.73. The van der Waals surface area contributed by atoms with Gasteiger partial charge in [0.25, 0.3) is 5.91 Å². The lowest BCUT2D eigenvalue weighted by atomic mass is 10.3. The third-order valence-corrected chi connectivity index (χ3v) is 5.78. The van der Waals surface area contributed by atoms with E-state index in [1.54, 1.807) is 24.4 Å². The van der Waals surface area contributed by atoms with Crippen LogP contribution in [0.4, 0.5) is 26.7 Å². The SMILES string of the molecule is O=C(O)CN1CCN(c2ccc(NC(=O)c3cnc(Nc4cccc(F)c4)s3)cn2)CC1. The highest BCUT2D eigenvalue weighted by Gasteiger charge is 2.19. The Morgan fingerprint density at radius 3 is 2.56 bits per heavy atom. The molecule has 0 saturated carbocycles. The molecule has 1 aromatic carbocycles. The Hall–Kier alpha value is -3.57. The molecule has 11 heteroatoms. The number of carboxylic acids is 1. The highest BCUT2D eigenvalue weighted by atomic mass is 32.1. The maximum Gasteiger partial charge on any atom is 0.317 e. The van der Waals surface area contributed by atoms with Gasteiger partial charge in [-0.2, -0.15) is 0 Å². The number of carboxylic acid groups (broad SMARTS) is 1. The molecule has 0 radical (unpaired) electrons. The molecule has 166 valence electrons. The van der Waals surface area contributed by atoms with Crippen molar-refractivity contribution in [2.75, 3.05) is 48.3 Å². The van der Waals surface area contributed by atoms with Gasteiger partial charge in [0.2, 0.25) is 0 Å². The van der Waals surface area contributed by atoms with E-state index in [4.69, 9.17) is 5.11 Å². The predicted molar refractivity (Wildman–Crippen MR) is 120 cm³/mol. The summed E-state index contributed by atoms with van der Waals surface area (Å²) in [7, 11) is 0. The van der Waals surface area contributed by atoms with Gasteiger partial charge >= 0.3 is 5.97 Å². The molecule has 0 unspecified atom stereocenters. The lowest BCUT2D eigenvalue weighted by molar-refractivity contribution is -0.138. The van der Waals surface area contributed by atoms with Gasteiger partial charge in [-0.1, -0.05) is 17.4 Å². The topological polar surface area (TPSA) is 111 Å². The van der Waals surface area contributed by atoms with Crippen LogP contribution in [0.3, 0.4) is 0 Å². The molecule has 0 aliphatic carbocycles. The lowest BCUT2D eigenvalue weighted by Crippen LogP contribution is -2.48. The fourth-order valence-electron chi connectivity index (χ4n) is 3.29. The van der Waals surface area contributed by atoms with Crippen molar-refractivity contribution in [1.82, 2.24) is 14.9 Å². The van der Waals surface area contributed by atoms with Crippen LogP contribution < -0.4 is 15.5 Å². The van der Waals surface area contributed by atoms with Crippen LogP contribution in [0, 0.1) is 5.82 Å². The minimum absolute atomic E-state index is 0.0449. The van der Waals surface area contributed by atoms with Crippen molar-refractivity contribution in [3.63, 3.8) is 0 Å². The average Bonchev–Trinajstić information content (AvgIpc) is 3.23. The highest BCUT2D eigenvalue weighted by Crippen LogP contribution is 2.24. The number of amides is 1. The second kappa shape index (κ2) is 9.71. The first-order valence-corrected chi connectivity index (χ1v) is 10.7. The van der Waals surface area contributed by atoms with Gasteiger partial charge in [0.05, 0.1) is 24.6 Å². The molecule has 4 rings (SSSR count). The molecule has 1 aliphatic heterocycles. The third-order valence-electron chi connectivity index (χ3n) is 4.87. The number of aromatic nitrogens is 2. The van der Waals surface area contributed by atoms with Crippen molar-refractivity contribution < 1.29 is 19.1 Å². The number of pyridine rings is 1. The molecular weight excluding hydrogens is 435 g/mol. The van der Waals surface area contributed by atoms with Crippen LogP contribution in [0.5, 0.6) is 0 Å². The molecule has 9 nitrogen and oxygen atoms in total. The summed E-state index contributed by atoms with van der Waals surface area (Å²) >= 11 is 1.16. The number of thiazole rings is 1. The Labute approximate surface area is 187 Å². The van der Waals surface area contributed by atoms with Gasteiger partial charge in [0.1, 0.15) is 16.5 Å². The molecule has 1 amide bonds. The molecular formula is C21H21FN6O3S. The number of piperazine rings is 1. The van der Waals surface area contributed by atoms with Crippen molar-refractivity contribution in [2.45, 2.75) is 0 Å². The number of carbonyl (C=O) groups is 2. The van der Waals surface area contributed by atoms with Gasteiger partial charge < -0.3 is 20.6 Å². The van der Waals surface area contributed by atoms with E-state index in [9.17, 15) is 14.0 Å². The largest absolute Gasteiger partial charge is 0.480 e. The van der Waals surface area contributed by atoms with E-state index in [0.29, 0.717) is 47.6 Å². The Morgan fingerprint density at radius 2 is 1.88 bits per heavy atom. The summed E-state index contributed by atoms with van der Waals surface area (Å²) in [5.41, 5.74) is 1.10.